The zero-order valence-corrected chi connectivity index (χ0v) is 11.2. The van der Waals surface area contributed by atoms with Crippen molar-refractivity contribution in [3.8, 4) is 11.5 Å². The third-order valence-corrected chi connectivity index (χ3v) is 5.40. The first-order valence-corrected chi connectivity index (χ1v) is 7.31. The minimum Gasteiger partial charge on any atom is -0.454 e. The monoisotopic (exact) mass is 271 g/mol. The van der Waals surface area contributed by atoms with Crippen LogP contribution in [0, 0.1) is 0 Å². The molecule has 4 aliphatic rings. The maximum atomic E-state index is 9.95. The first kappa shape index (κ1) is 11.2. The smallest absolute Gasteiger partial charge is 0.231 e. The van der Waals surface area contributed by atoms with Crippen LogP contribution in [0.25, 0.3) is 0 Å². The van der Waals surface area contributed by atoms with Crippen LogP contribution in [0.1, 0.15) is 24.0 Å². The molecule has 5 rings (SSSR count). The van der Waals surface area contributed by atoms with Gasteiger partial charge in [0, 0.05) is 24.5 Å². The lowest BCUT2D eigenvalue weighted by atomic mass is 9.66. The average Bonchev–Trinajstić information content (AvgIpc) is 3.00. The molecule has 1 aromatic rings. The van der Waals surface area contributed by atoms with Gasteiger partial charge in [-0.2, -0.15) is 0 Å². The Labute approximate surface area is 117 Å². The Balaban J connectivity index is 1.74. The highest BCUT2D eigenvalue weighted by molar-refractivity contribution is 5.55. The number of aliphatic hydroxyl groups is 1. The van der Waals surface area contributed by atoms with Crippen molar-refractivity contribution in [1.82, 2.24) is 4.90 Å². The summed E-state index contributed by atoms with van der Waals surface area (Å²) in [5.41, 5.74) is 2.79. The van der Waals surface area contributed by atoms with Gasteiger partial charge < -0.3 is 14.6 Å². The second-order valence-corrected chi connectivity index (χ2v) is 6.30. The number of nitrogens with zero attached hydrogens (tertiary/aromatic N) is 1. The van der Waals surface area contributed by atoms with Crippen molar-refractivity contribution in [3.05, 3.63) is 35.4 Å². The van der Waals surface area contributed by atoms with Crippen LogP contribution in [0.2, 0.25) is 0 Å². The van der Waals surface area contributed by atoms with E-state index >= 15 is 0 Å². The molecule has 0 radical (unpaired) electrons. The van der Waals surface area contributed by atoms with Crippen LogP contribution >= 0.6 is 0 Å². The fourth-order valence-electron chi connectivity index (χ4n) is 4.48. The molecule has 104 valence electrons. The van der Waals surface area contributed by atoms with E-state index in [1.54, 1.807) is 0 Å². The standard InChI is InChI=1S/C16H17NO3/c18-11-1-2-16-3-4-17(15(16)6-11)8-10-5-13-14(7-12(10)16)20-9-19-13/h1-2,5,7,11,15,18H,3-4,6,8-9H2/t11-,15-,16-/m1/s1. The molecular formula is C16H17NO3. The Morgan fingerprint density at radius 2 is 2.10 bits per heavy atom. The molecule has 4 nitrogen and oxygen atoms in total. The normalized spacial score (nSPS) is 39.5. The topological polar surface area (TPSA) is 41.9 Å². The molecule has 4 heteroatoms. The summed E-state index contributed by atoms with van der Waals surface area (Å²) in [5.74, 6) is 1.75. The predicted molar refractivity (Wildman–Crippen MR) is 72.8 cm³/mol. The van der Waals surface area contributed by atoms with E-state index < -0.39 is 0 Å². The summed E-state index contributed by atoms with van der Waals surface area (Å²) in [6.45, 7) is 2.38. The quantitative estimate of drug-likeness (QED) is 0.727. The molecule has 20 heavy (non-hydrogen) atoms. The minimum absolute atomic E-state index is 0.0633. The molecule has 1 fully saturated rings. The van der Waals surface area contributed by atoms with Gasteiger partial charge in [0.15, 0.2) is 11.5 Å². The largest absolute Gasteiger partial charge is 0.454 e. The van der Waals surface area contributed by atoms with E-state index in [1.807, 2.05) is 6.08 Å². The van der Waals surface area contributed by atoms with E-state index in [-0.39, 0.29) is 11.5 Å². The zero-order valence-electron chi connectivity index (χ0n) is 11.2. The lowest BCUT2D eigenvalue weighted by Crippen LogP contribution is -2.49. The maximum Gasteiger partial charge on any atom is 0.231 e. The molecule has 4 atom stereocenters. The summed E-state index contributed by atoms with van der Waals surface area (Å²) >= 11 is 0. The number of fused-ring (bicyclic) bond motifs is 2. The Morgan fingerprint density at radius 3 is 3.00 bits per heavy atom. The van der Waals surface area contributed by atoms with E-state index in [0.717, 1.165) is 37.4 Å². The Kier molecular flexibility index (Phi) is 1.99. The molecule has 2 bridgehead atoms. The van der Waals surface area contributed by atoms with Crippen molar-refractivity contribution in [2.24, 2.45) is 0 Å². The van der Waals surface area contributed by atoms with Crippen molar-refractivity contribution in [2.75, 3.05) is 13.3 Å². The van der Waals surface area contributed by atoms with Crippen LogP contribution in [0.15, 0.2) is 24.3 Å². The van der Waals surface area contributed by atoms with Crippen molar-refractivity contribution < 1.29 is 14.6 Å². The van der Waals surface area contributed by atoms with Crippen molar-refractivity contribution >= 4 is 0 Å². The molecule has 0 amide bonds. The number of hydrogen-bond donors (Lipinski definition) is 1. The summed E-state index contributed by atoms with van der Waals surface area (Å²) in [6.07, 6.45) is 5.88. The predicted octanol–water partition coefficient (Wildman–Crippen LogP) is 1.56. The molecular weight excluding hydrogens is 254 g/mol. The first-order valence-electron chi connectivity index (χ1n) is 7.31. The van der Waals surface area contributed by atoms with Gasteiger partial charge in [-0.05, 0) is 36.1 Å². The van der Waals surface area contributed by atoms with Gasteiger partial charge in [-0.3, -0.25) is 4.90 Å². The van der Waals surface area contributed by atoms with Gasteiger partial charge in [-0.15, -0.1) is 0 Å². The highest BCUT2D eigenvalue weighted by atomic mass is 16.7. The maximum absolute atomic E-state index is 9.95. The number of hydrogen-bond acceptors (Lipinski definition) is 4. The second kappa shape index (κ2) is 3.57. The number of aliphatic hydroxyl groups excluding tert-OH is 1. The summed E-state index contributed by atoms with van der Waals surface area (Å²) in [5, 5.41) is 9.95. The molecule has 1 saturated heterocycles. The molecule has 3 heterocycles. The number of rotatable bonds is 0. The summed E-state index contributed by atoms with van der Waals surface area (Å²) in [6, 6.07) is 4.75. The lowest BCUT2D eigenvalue weighted by molar-refractivity contribution is 0.110. The van der Waals surface area contributed by atoms with Crippen LogP contribution in [0.4, 0.5) is 0 Å². The van der Waals surface area contributed by atoms with E-state index in [2.05, 4.69) is 23.1 Å². The van der Waals surface area contributed by atoms with Crippen LogP contribution in [0.3, 0.4) is 0 Å². The Morgan fingerprint density at radius 1 is 1.25 bits per heavy atom. The molecule has 1 unspecified atom stereocenters. The van der Waals surface area contributed by atoms with Crippen LogP contribution in [-0.4, -0.2) is 35.5 Å². The summed E-state index contributed by atoms with van der Waals surface area (Å²) in [7, 11) is 0. The average molecular weight is 271 g/mol. The lowest BCUT2D eigenvalue weighted by Gasteiger charge is -2.45. The van der Waals surface area contributed by atoms with Crippen molar-refractivity contribution in [1.29, 1.82) is 0 Å². The van der Waals surface area contributed by atoms with Gasteiger partial charge in [0.05, 0.1) is 6.10 Å². The van der Waals surface area contributed by atoms with Gasteiger partial charge in [0.2, 0.25) is 6.79 Å². The van der Waals surface area contributed by atoms with Crippen molar-refractivity contribution in [2.45, 2.75) is 36.9 Å². The van der Waals surface area contributed by atoms with Gasteiger partial charge in [-0.25, -0.2) is 0 Å². The second-order valence-electron chi connectivity index (χ2n) is 6.30. The first-order chi connectivity index (χ1) is 9.76. The summed E-state index contributed by atoms with van der Waals surface area (Å²) < 4.78 is 11.1. The van der Waals surface area contributed by atoms with Gasteiger partial charge in [0.1, 0.15) is 0 Å². The van der Waals surface area contributed by atoms with E-state index in [0.29, 0.717) is 12.8 Å². The minimum atomic E-state index is -0.302. The molecule has 0 saturated carbocycles. The SMILES string of the molecule is O[C@@H]1C=C[C@@]23CCN(Cc4cc5c(cc42)OCO5)[C@@H]3C1. The third-order valence-electron chi connectivity index (χ3n) is 5.40. The van der Waals surface area contributed by atoms with E-state index in [4.69, 9.17) is 9.47 Å². The van der Waals surface area contributed by atoms with Crippen LogP contribution in [-0.2, 0) is 12.0 Å². The highest BCUT2D eigenvalue weighted by Crippen LogP contribution is 2.53. The molecule has 1 N–H and O–H groups in total. The van der Waals surface area contributed by atoms with E-state index in [1.165, 1.54) is 11.1 Å². The van der Waals surface area contributed by atoms with Crippen LogP contribution < -0.4 is 9.47 Å². The Bertz CT molecular complexity index is 626. The molecule has 1 aromatic carbocycles. The molecule has 0 spiro atoms. The van der Waals surface area contributed by atoms with E-state index in [9.17, 15) is 5.11 Å². The molecule has 1 aliphatic carbocycles. The Hall–Kier alpha value is -1.52. The van der Waals surface area contributed by atoms with Gasteiger partial charge >= 0.3 is 0 Å². The van der Waals surface area contributed by atoms with Gasteiger partial charge in [-0.1, -0.05) is 12.2 Å². The highest BCUT2D eigenvalue weighted by Gasteiger charge is 2.53. The summed E-state index contributed by atoms with van der Waals surface area (Å²) in [4.78, 5) is 2.51. The molecule has 0 aromatic heterocycles. The number of ether oxygens (including phenoxy) is 2. The third kappa shape index (κ3) is 1.24. The van der Waals surface area contributed by atoms with Crippen molar-refractivity contribution in [3.63, 3.8) is 0 Å². The van der Waals surface area contributed by atoms with Gasteiger partial charge in [0.25, 0.3) is 0 Å². The molecule has 3 aliphatic heterocycles. The fourth-order valence-corrected chi connectivity index (χ4v) is 4.48. The number of benzene rings is 1. The fraction of sp³-hybridized carbons (Fsp3) is 0.500. The zero-order chi connectivity index (χ0) is 13.3. The van der Waals surface area contributed by atoms with Crippen LogP contribution in [0.5, 0.6) is 11.5 Å².